The van der Waals surface area contributed by atoms with Crippen LogP contribution < -0.4 is 5.32 Å². The molecule has 1 aromatic carbocycles. The Labute approximate surface area is 98.0 Å². The molecule has 0 bridgehead atoms. The third-order valence-corrected chi connectivity index (χ3v) is 3.39. The normalized spacial score (nSPS) is 13.0. The lowest BCUT2D eigenvalue weighted by atomic mass is 10.1. The first kappa shape index (κ1) is 9.36. The zero-order valence-electron chi connectivity index (χ0n) is 8.55. The van der Waals surface area contributed by atoms with Crippen molar-refractivity contribution in [2.75, 3.05) is 5.32 Å². The van der Waals surface area contributed by atoms with E-state index in [0.29, 0.717) is 0 Å². The molecule has 1 aromatic heterocycles. The van der Waals surface area contributed by atoms with E-state index in [-0.39, 0.29) is 0 Å². The maximum atomic E-state index is 4.17. The van der Waals surface area contributed by atoms with Gasteiger partial charge < -0.3 is 5.32 Å². The summed E-state index contributed by atoms with van der Waals surface area (Å²) < 4.78 is 0. The molecule has 0 atom stereocenters. The molecule has 1 aliphatic heterocycles. The van der Waals surface area contributed by atoms with E-state index >= 15 is 0 Å². The molecule has 0 saturated heterocycles. The first-order chi connectivity index (χ1) is 7.93. The first-order valence-electron chi connectivity index (χ1n) is 5.06. The van der Waals surface area contributed by atoms with E-state index in [4.69, 9.17) is 0 Å². The van der Waals surface area contributed by atoms with Gasteiger partial charge in [0.15, 0.2) is 0 Å². The van der Waals surface area contributed by atoms with Crippen molar-refractivity contribution in [1.29, 1.82) is 0 Å². The van der Waals surface area contributed by atoms with Gasteiger partial charge in [0.05, 0.1) is 0 Å². The van der Waals surface area contributed by atoms with Crippen LogP contribution in [0.1, 0.15) is 5.56 Å². The number of thiophene rings is 1. The van der Waals surface area contributed by atoms with Gasteiger partial charge in [0.2, 0.25) is 0 Å². The fourth-order valence-corrected chi connectivity index (χ4v) is 2.41. The van der Waals surface area contributed by atoms with Gasteiger partial charge in [-0.2, -0.15) is 0 Å². The molecular formula is C13H10N2S. The molecule has 1 N–H and O–H groups in total. The molecule has 16 heavy (non-hydrogen) atoms. The Bertz CT molecular complexity index is 553. The van der Waals surface area contributed by atoms with E-state index in [0.717, 1.165) is 11.3 Å². The Kier molecular flexibility index (Phi) is 2.31. The standard InChI is InChI=1S/C13H10N2S/c1-2-13(16-7-1)10-3-4-12-11(8-10)9-14-5-6-15-12/h1-9,15H. The van der Waals surface area contributed by atoms with Crippen molar-refractivity contribution < 1.29 is 0 Å². The van der Waals surface area contributed by atoms with Crippen LogP contribution in [0.4, 0.5) is 5.69 Å². The Morgan fingerprint density at radius 1 is 1.19 bits per heavy atom. The number of fused-ring (bicyclic) bond motifs is 1. The quantitative estimate of drug-likeness (QED) is 0.787. The molecule has 0 amide bonds. The van der Waals surface area contributed by atoms with Crippen LogP contribution in [0.2, 0.25) is 0 Å². The van der Waals surface area contributed by atoms with E-state index in [1.54, 1.807) is 17.5 Å². The minimum Gasteiger partial charge on any atom is -0.360 e. The van der Waals surface area contributed by atoms with E-state index in [9.17, 15) is 0 Å². The Balaban J connectivity index is 2.09. The first-order valence-corrected chi connectivity index (χ1v) is 5.94. The molecule has 0 spiro atoms. The highest BCUT2D eigenvalue weighted by Gasteiger charge is 2.04. The number of hydrogen-bond donors (Lipinski definition) is 1. The van der Waals surface area contributed by atoms with Crippen molar-refractivity contribution in [3.05, 3.63) is 53.7 Å². The van der Waals surface area contributed by atoms with E-state index < -0.39 is 0 Å². The van der Waals surface area contributed by atoms with Crippen molar-refractivity contribution in [1.82, 2.24) is 0 Å². The van der Waals surface area contributed by atoms with Crippen LogP contribution in [0, 0.1) is 0 Å². The van der Waals surface area contributed by atoms with Crippen LogP contribution in [0.15, 0.2) is 53.1 Å². The van der Waals surface area contributed by atoms with Gasteiger partial charge in [-0.3, -0.25) is 4.99 Å². The topological polar surface area (TPSA) is 24.4 Å². The number of rotatable bonds is 1. The summed E-state index contributed by atoms with van der Waals surface area (Å²) in [4.78, 5) is 5.46. The number of benzene rings is 1. The predicted molar refractivity (Wildman–Crippen MR) is 70.1 cm³/mol. The molecular weight excluding hydrogens is 216 g/mol. The number of hydrogen-bond acceptors (Lipinski definition) is 3. The Morgan fingerprint density at radius 3 is 3.06 bits per heavy atom. The highest BCUT2D eigenvalue weighted by atomic mass is 32.1. The summed E-state index contributed by atoms with van der Waals surface area (Å²) in [6.07, 6.45) is 5.47. The zero-order valence-corrected chi connectivity index (χ0v) is 9.37. The van der Waals surface area contributed by atoms with Gasteiger partial charge in [0, 0.05) is 34.7 Å². The fourth-order valence-electron chi connectivity index (χ4n) is 1.69. The highest BCUT2D eigenvalue weighted by Crippen LogP contribution is 2.28. The summed E-state index contributed by atoms with van der Waals surface area (Å²) >= 11 is 1.75. The lowest BCUT2D eigenvalue weighted by Crippen LogP contribution is -1.91. The largest absolute Gasteiger partial charge is 0.360 e. The predicted octanol–water partition coefficient (Wildman–Crippen LogP) is 3.73. The molecule has 0 aliphatic carbocycles. The number of anilines is 1. The van der Waals surface area contributed by atoms with Gasteiger partial charge in [0.1, 0.15) is 0 Å². The highest BCUT2D eigenvalue weighted by molar-refractivity contribution is 7.13. The van der Waals surface area contributed by atoms with Gasteiger partial charge in [0.25, 0.3) is 0 Å². The van der Waals surface area contributed by atoms with E-state index in [1.807, 2.05) is 12.4 Å². The van der Waals surface area contributed by atoms with Gasteiger partial charge in [-0.05, 0) is 29.1 Å². The van der Waals surface area contributed by atoms with Crippen molar-refractivity contribution in [2.24, 2.45) is 4.99 Å². The van der Waals surface area contributed by atoms with Gasteiger partial charge >= 0.3 is 0 Å². The molecule has 3 heteroatoms. The second kappa shape index (κ2) is 3.94. The Hall–Kier alpha value is -1.87. The van der Waals surface area contributed by atoms with Crippen molar-refractivity contribution in [2.45, 2.75) is 0 Å². The molecule has 0 radical (unpaired) electrons. The summed E-state index contributed by atoms with van der Waals surface area (Å²) in [5.41, 5.74) is 3.46. The van der Waals surface area contributed by atoms with Gasteiger partial charge in [-0.15, -0.1) is 11.3 Å². The van der Waals surface area contributed by atoms with Crippen LogP contribution in [0.25, 0.3) is 10.4 Å². The average Bonchev–Trinajstić information content (AvgIpc) is 2.74. The summed E-state index contributed by atoms with van der Waals surface area (Å²) in [7, 11) is 0. The lowest BCUT2D eigenvalue weighted by molar-refractivity contribution is 1.55. The van der Waals surface area contributed by atoms with Crippen LogP contribution in [-0.4, -0.2) is 6.21 Å². The van der Waals surface area contributed by atoms with Crippen molar-refractivity contribution in [3.8, 4) is 10.4 Å². The second-order valence-corrected chi connectivity index (χ2v) is 4.47. The third-order valence-electron chi connectivity index (χ3n) is 2.47. The zero-order chi connectivity index (χ0) is 10.8. The Morgan fingerprint density at radius 2 is 2.19 bits per heavy atom. The van der Waals surface area contributed by atoms with Crippen LogP contribution in [0.3, 0.4) is 0 Å². The molecule has 1 aliphatic rings. The molecule has 2 heterocycles. The van der Waals surface area contributed by atoms with Crippen LogP contribution >= 0.6 is 11.3 Å². The molecule has 2 aromatic rings. The summed E-state index contributed by atoms with van der Waals surface area (Å²) in [6, 6.07) is 10.6. The molecule has 78 valence electrons. The monoisotopic (exact) mass is 226 g/mol. The second-order valence-electron chi connectivity index (χ2n) is 3.52. The van der Waals surface area contributed by atoms with Gasteiger partial charge in [-0.25, -0.2) is 0 Å². The number of nitrogens with one attached hydrogen (secondary N) is 1. The molecule has 0 saturated carbocycles. The molecule has 3 rings (SSSR count). The van der Waals surface area contributed by atoms with Crippen LogP contribution in [-0.2, 0) is 0 Å². The fraction of sp³-hybridized carbons (Fsp3) is 0. The van der Waals surface area contributed by atoms with E-state index in [2.05, 4.69) is 46.0 Å². The van der Waals surface area contributed by atoms with Crippen molar-refractivity contribution >= 4 is 23.2 Å². The summed E-state index contributed by atoms with van der Waals surface area (Å²) in [5, 5.41) is 5.29. The molecule has 0 unspecified atom stereocenters. The summed E-state index contributed by atoms with van der Waals surface area (Å²) in [5.74, 6) is 0. The van der Waals surface area contributed by atoms with Crippen LogP contribution in [0.5, 0.6) is 0 Å². The minimum absolute atomic E-state index is 1.10. The van der Waals surface area contributed by atoms with E-state index in [1.165, 1.54) is 10.4 Å². The number of aliphatic imine (C=N–C) groups is 1. The van der Waals surface area contributed by atoms with Crippen molar-refractivity contribution in [3.63, 3.8) is 0 Å². The smallest absolute Gasteiger partial charge is 0.0469 e. The maximum Gasteiger partial charge on any atom is 0.0469 e. The maximum absolute atomic E-state index is 4.17. The summed E-state index contributed by atoms with van der Waals surface area (Å²) in [6.45, 7) is 0. The SMILES string of the molecule is C1=CNc2ccc(-c3cccs3)cc2C=N1. The minimum atomic E-state index is 1.10. The molecule has 2 nitrogen and oxygen atoms in total. The average molecular weight is 226 g/mol. The van der Waals surface area contributed by atoms with Gasteiger partial charge in [-0.1, -0.05) is 12.1 Å². The molecule has 0 fully saturated rings. The number of nitrogens with zero attached hydrogens (tertiary/aromatic N) is 1. The third kappa shape index (κ3) is 1.66. The lowest BCUT2D eigenvalue weighted by Gasteiger charge is -2.06.